The molecule has 2 heterocycles. The lowest BCUT2D eigenvalue weighted by Crippen LogP contribution is -2.40. The van der Waals surface area contributed by atoms with Gasteiger partial charge in [0.2, 0.25) is 0 Å². The van der Waals surface area contributed by atoms with Crippen molar-refractivity contribution in [2.75, 3.05) is 32.8 Å². The normalized spacial score (nSPS) is 21.1. The third-order valence-corrected chi connectivity index (χ3v) is 3.49. The number of ether oxygens (including phenoxy) is 1. The van der Waals surface area contributed by atoms with Crippen molar-refractivity contribution in [2.45, 2.75) is 18.9 Å². The predicted molar refractivity (Wildman–Crippen MR) is 65.9 cm³/mol. The number of aromatic nitrogens is 1. The van der Waals surface area contributed by atoms with Gasteiger partial charge in [0.05, 0.1) is 17.7 Å². The van der Waals surface area contributed by atoms with Gasteiger partial charge in [-0.15, -0.1) is 11.3 Å². The Morgan fingerprint density at radius 1 is 1.56 bits per heavy atom. The largest absolute Gasteiger partial charge is 0.376 e. The monoisotopic (exact) mass is 241 g/mol. The summed E-state index contributed by atoms with van der Waals surface area (Å²) in [5, 5.41) is 10.0. The van der Waals surface area contributed by atoms with Crippen LogP contribution in [-0.2, 0) is 11.2 Å². The van der Waals surface area contributed by atoms with Gasteiger partial charge in [-0.1, -0.05) is 0 Å². The molecule has 0 amide bonds. The van der Waals surface area contributed by atoms with Crippen molar-refractivity contribution in [1.82, 2.24) is 15.6 Å². The molecule has 16 heavy (non-hydrogen) atoms. The Hall–Kier alpha value is -0.490. The van der Waals surface area contributed by atoms with Crippen molar-refractivity contribution in [1.29, 1.82) is 0 Å². The van der Waals surface area contributed by atoms with Crippen molar-refractivity contribution < 1.29 is 4.74 Å². The minimum Gasteiger partial charge on any atom is -0.376 e. The molecule has 0 saturated carbocycles. The summed E-state index contributed by atoms with van der Waals surface area (Å²) in [6, 6.07) is 0. The van der Waals surface area contributed by atoms with E-state index in [0.29, 0.717) is 6.10 Å². The van der Waals surface area contributed by atoms with Gasteiger partial charge in [0.15, 0.2) is 0 Å². The first kappa shape index (κ1) is 12.0. The summed E-state index contributed by atoms with van der Waals surface area (Å²) in [4.78, 5) is 4.25. The summed E-state index contributed by atoms with van der Waals surface area (Å²) >= 11 is 1.72. The molecule has 1 unspecified atom stereocenters. The molecule has 0 spiro atoms. The molecular formula is C11H19N3OS. The SMILES string of the molecule is c1csc(CCNCCC2CNCCO2)n1. The van der Waals surface area contributed by atoms with E-state index in [1.165, 1.54) is 5.01 Å². The van der Waals surface area contributed by atoms with E-state index in [0.717, 1.165) is 45.6 Å². The Morgan fingerprint density at radius 3 is 3.31 bits per heavy atom. The fourth-order valence-electron chi connectivity index (χ4n) is 1.76. The third-order valence-electron chi connectivity index (χ3n) is 2.65. The average Bonchev–Trinajstić information content (AvgIpc) is 2.83. The van der Waals surface area contributed by atoms with Crippen molar-refractivity contribution in [3.05, 3.63) is 16.6 Å². The molecular weight excluding hydrogens is 222 g/mol. The molecule has 90 valence electrons. The standard InChI is InChI=1S/C11H19N3OS/c1(10-9-13-5-7-15-10)3-12-4-2-11-14-6-8-16-11/h6,8,10,12-13H,1-5,7,9H2. The van der Waals surface area contributed by atoms with E-state index in [-0.39, 0.29) is 0 Å². The van der Waals surface area contributed by atoms with E-state index in [1.807, 2.05) is 11.6 Å². The zero-order valence-corrected chi connectivity index (χ0v) is 10.3. The maximum absolute atomic E-state index is 5.62. The van der Waals surface area contributed by atoms with Gasteiger partial charge < -0.3 is 15.4 Å². The fourth-order valence-corrected chi connectivity index (χ4v) is 2.39. The van der Waals surface area contributed by atoms with E-state index >= 15 is 0 Å². The molecule has 0 aliphatic carbocycles. The van der Waals surface area contributed by atoms with Crippen LogP contribution in [0.3, 0.4) is 0 Å². The van der Waals surface area contributed by atoms with Crippen LogP contribution in [0, 0.1) is 0 Å². The van der Waals surface area contributed by atoms with Crippen LogP contribution in [0.4, 0.5) is 0 Å². The second-order valence-electron chi connectivity index (χ2n) is 3.91. The topological polar surface area (TPSA) is 46.2 Å². The molecule has 1 saturated heterocycles. The zero-order chi connectivity index (χ0) is 11.1. The van der Waals surface area contributed by atoms with Crippen LogP contribution in [0.2, 0.25) is 0 Å². The summed E-state index contributed by atoms with van der Waals surface area (Å²) in [5.74, 6) is 0. The van der Waals surface area contributed by atoms with Gasteiger partial charge in [-0.25, -0.2) is 4.98 Å². The molecule has 2 rings (SSSR count). The molecule has 1 aromatic heterocycles. The Morgan fingerprint density at radius 2 is 2.56 bits per heavy atom. The summed E-state index contributed by atoms with van der Waals surface area (Å²) in [7, 11) is 0. The smallest absolute Gasteiger partial charge is 0.0937 e. The first-order chi connectivity index (χ1) is 7.95. The van der Waals surface area contributed by atoms with Gasteiger partial charge in [0.25, 0.3) is 0 Å². The highest BCUT2D eigenvalue weighted by molar-refractivity contribution is 7.09. The van der Waals surface area contributed by atoms with Crippen LogP contribution in [0.25, 0.3) is 0 Å². The van der Waals surface area contributed by atoms with Crippen LogP contribution < -0.4 is 10.6 Å². The molecule has 5 heteroatoms. The minimum absolute atomic E-state index is 0.390. The van der Waals surface area contributed by atoms with Gasteiger partial charge in [0, 0.05) is 37.6 Å². The van der Waals surface area contributed by atoms with Gasteiger partial charge in [-0.3, -0.25) is 0 Å². The molecule has 1 atom stereocenters. The molecule has 4 nitrogen and oxygen atoms in total. The molecule has 0 radical (unpaired) electrons. The first-order valence-corrected chi connectivity index (χ1v) is 6.74. The van der Waals surface area contributed by atoms with Gasteiger partial charge in [-0.05, 0) is 13.0 Å². The molecule has 0 aromatic carbocycles. The molecule has 1 fully saturated rings. The van der Waals surface area contributed by atoms with Gasteiger partial charge in [0.1, 0.15) is 0 Å². The Kier molecular flexibility index (Phi) is 5.21. The molecule has 1 aliphatic rings. The van der Waals surface area contributed by atoms with Crippen LogP contribution in [0.15, 0.2) is 11.6 Å². The van der Waals surface area contributed by atoms with Crippen molar-refractivity contribution in [3.8, 4) is 0 Å². The number of nitrogens with zero attached hydrogens (tertiary/aromatic N) is 1. The Labute approximate surface area is 100 Å². The summed E-state index contributed by atoms with van der Waals surface area (Å²) in [6.07, 6.45) is 4.37. The van der Waals surface area contributed by atoms with Crippen molar-refractivity contribution >= 4 is 11.3 Å². The third kappa shape index (κ3) is 4.17. The fraction of sp³-hybridized carbons (Fsp3) is 0.727. The van der Waals surface area contributed by atoms with Crippen LogP contribution >= 0.6 is 11.3 Å². The second-order valence-corrected chi connectivity index (χ2v) is 4.89. The zero-order valence-electron chi connectivity index (χ0n) is 9.45. The maximum Gasteiger partial charge on any atom is 0.0937 e. The Balaban J connectivity index is 1.48. The number of hydrogen-bond donors (Lipinski definition) is 2. The summed E-state index contributed by atoms with van der Waals surface area (Å²) in [6.45, 7) is 4.87. The van der Waals surface area contributed by atoms with E-state index in [1.54, 1.807) is 11.3 Å². The average molecular weight is 241 g/mol. The number of morpholine rings is 1. The first-order valence-electron chi connectivity index (χ1n) is 5.86. The summed E-state index contributed by atoms with van der Waals surface area (Å²) < 4.78 is 5.62. The molecule has 1 aromatic rings. The van der Waals surface area contributed by atoms with E-state index in [4.69, 9.17) is 4.74 Å². The number of hydrogen-bond acceptors (Lipinski definition) is 5. The lowest BCUT2D eigenvalue weighted by Gasteiger charge is -2.23. The van der Waals surface area contributed by atoms with Gasteiger partial charge >= 0.3 is 0 Å². The highest BCUT2D eigenvalue weighted by Crippen LogP contribution is 2.04. The van der Waals surface area contributed by atoms with Gasteiger partial charge in [-0.2, -0.15) is 0 Å². The van der Waals surface area contributed by atoms with Crippen LogP contribution in [0.1, 0.15) is 11.4 Å². The molecule has 1 aliphatic heterocycles. The van der Waals surface area contributed by atoms with Crippen molar-refractivity contribution in [2.24, 2.45) is 0 Å². The highest BCUT2D eigenvalue weighted by Gasteiger charge is 2.11. The van der Waals surface area contributed by atoms with E-state index < -0.39 is 0 Å². The lowest BCUT2D eigenvalue weighted by molar-refractivity contribution is 0.0239. The second kappa shape index (κ2) is 6.96. The minimum atomic E-state index is 0.390. The van der Waals surface area contributed by atoms with Crippen LogP contribution in [0.5, 0.6) is 0 Å². The molecule has 0 bridgehead atoms. The quantitative estimate of drug-likeness (QED) is 0.718. The Bertz CT molecular complexity index is 273. The maximum atomic E-state index is 5.62. The van der Waals surface area contributed by atoms with E-state index in [2.05, 4.69) is 15.6 Å². The summed E-state index contributed by atoms with van der Waals surface area (Å²) in [5.41, 5.74) is 0. The number of thiazole rings is 1. The number of nitrogens with one attached hydrogen (secondary N) is 2. The van der Waals surface area contributed by atoms with E-state index in [9.17, 15) is 0 Å². The number of rotatable bonds is 6. The molecule has 2 N–H and O–H groups in total. The van der Waals surface area contributed by atoms with Crippen molar-refractivity contribution in [3.63, 3.8) is 0 Å². The predicted octanol–water partition coefficient (Wildman–Crippen LogP) is 0.654. The highest BCUT2D eigenvalue weighted by atomic mass is 32.1. The van der Waals surface area contributed by atoms with Crippen LogP contribution in [-0.4, -0.2) is 43.9 Å². The lowest BCUT2D eigenvalue weighted by atomic mass is 10.2.